The largest absolute Gasteiger partial charge is 0.417 e. The van der Waals surface area contributed by atoms with Crippen molar-refractivity contribution in [3.05, 3.63) is 41.2 Å². The van der Waals surface area contributed by atoms with Crippen LogP contribution in [-0.4, -0.2) is 11.7 Å². The lowest BCUT2D eigenvalue weighted by atomic mass is 10.1. The number of hydrogen-bond donors (Lipinski definition) is 1. The third-order valence-corrected chi connectivity index (χ3v) is 1.91. The maximum Gasteiger partial charge on any atom is 0.417 e. The fourth-order valence-electron chi connectivity index (χ4n) is 1.20. The van der Waals surface area contributed by atoms with Gasteiger partial charge in [0.1, 0.15) is 5.82 Å². The van der Waals surface area contributed by atoms with Crippen LogP contribution in [-0.2, 0) is 6.18 Å². The lowest BCUT2D eigenvalue weighted by Crippen LogP contribution is -2.07. The molecule has 0 aliphatic rings. The summed E-state index contributed by atoms with van der Waals surface area (Å²) in [5.41, 5.74) is -1.12. The van der Waals surface area contributed by atoms with Gasteiger partial charge in [-0.1, -0.05) is 18.2 Å². The van der Waals surface area contributed by atoms with Crippen molar-refractivity contribution in [2.24, 2.45) is 0 Å². The van der Waals surface area contributed by atoms with Crippen molar-refractivity contribution in [2.45, 2.75) is 12.6 Å². The predicted molar refractivity (Wildman–Crippen MR) is 52.1 cm³/mol. The molecule has 0 unspecified atom stereocenters. The van der Waals surface area contributed by atoms with E-state index in [-0.39, 0.29) is 18.6 Å². The summed E-state index contributed by atoms with van der Waals surface area (Å²) in [7, 11) is 0. The molecule has 0 saturated carbocycles. The standard InChI is InChI=1S/C11H10F4O/c12-9-5-4-8(3-1-2-6-16)10(7-9)11(13,14)15/h1,3-5,7,16H,2,6H2. The molecule has 0 aliphatic heterocycles. The number of benzene rings is 1. The maximum atomic E-state index is 12.7. The Kier molecular flexibility index (Phi) is 4.06. The Morgan fingerprint density at radius 3 is 2.50 bits per heavy atom. The van der Waals surface area contributed by atoms with Crippen molar-refractivity contribution in [3.63, 3.8) is 0 Å². The molecule has 0 amide bonds. The van der Waals surface area contributed by atoms with Gasteiger partial charge in [-0.2, -0.15) is 13.2 Å². The van der Waals surface area contributed by atoms with Crippen molar-refractivity contribution in [3.8, 4) is 0 Å². The van der Waals surface area contributed by atoms with Crippen molar-refractivity contribution >= 4 is 6.08 Å². The topological polar surface area (TPSA) is 20.2 Å². The third kappa shape index (κ3) is 3.34. The van der Waals surface area contributed by atoms with E-state index in [9.17, 15) is 17.6 Å². The normalized spacial score (nSPS) is 12.3. The maximum absolute atomic E-state index is 12.7. The first kappa shape index (κ1) is 12.7. The Bertz CT molecular complexity index is 382. The van der Waals surface area contributed by atoms with Gasteiger partial charge in [-0.3, -0.25) is 0 Å². The Labute approximate surface area is 90.0 Å². The average molecular weight is 234 g/mol. The van der Waals surface area contributed by atoms with Crippen LogP contribution < -0.4 is 0 Å². The lowest BCUT2D eigenvalue weighted by Gasteiger charge is -2.10. The van der Waals surface area contributed by atoms with E-state index in [4.69, 9.17) is 5.11 Å². The Morgan fingerprint density at radius 2 is 1.94 bits per heavy atom. The molecule has 0 atom stereocenters. The number of hydrogen-bond acceptors (Lipinski definition) is 1. The van der Waals surface area contributed by atoms with E-state index in [1.807, 2.05) is 0 Å². The Morgan fingerprint density at radius 1 is 1.25 bits per heavy atom. The molecule has 16 heavy (non-hydrogen) atoms. The second-order valence-corrected chi connectivity index (χ2v) is 3.14. The van der Waals surface area contributed by atoms with E-state index in [1.54, 1.807) is 0 Å². The summed E-state index contributed by atoms with van der Waals surface area (Å²) in [6.07, 6.45) is -1.70. The van der Waals surface area contributed by atoms with Crippen molar-refractivity contribution < 1.29 is 22.7 Å². The molecule has 1 aromatic carbocycles. The zero-order chi connectivity index (χ0) is 12.2. The number of aliphatic hydroxyl groups is 1. The van der Waals surface area contributed by atoms with Gasteiger partial charge in [-0.15, -0.1) is 0 Å². The molecule has 1 nitrogen and oxygen atoms in total. The molecule has 0 heterocycles. The van der Waals surface area contributed by atoms with Crippen LogP contribution in [0.4, 0.5) is 17.6 Å². The van der Waals surface area contributed by atoms with Gasteiger partial charge in [0.15, 0.2) is 0 Å². The van der Waals surface area contributed by atoms with Crippen molar-refractivity contribution in [1.29, 1.82) is 0 Å². The highest BCUT2D eigenvalue weighted by atomic mass is 19.4. The van der Waals surface area contributed by atoms with Crippen LogP contribution in [0.5, 0.6) is 0 Å². The summed E-state index contributed by atoms with van der Waals surface area (Å²) in [4.78, 5) is 0. The van der Waals surface area contributed by atoms with Gasteiger partial charge in [0.05, 0.1) is 5.56 Å². The number of rotatable bonds is 3. The minimum Gasteiger partial charge on any atom is -0.396 e. The van der Waals surface area contributed by atoms with E-state index in [0.717, 1.165) is 12.1 Å². The van der Waals surface area contributed by atoms with Gasteiger partial charge >= 0.3 is 6.18 Å². The minimum absolute atomic E-state index is 0.109. The van der Waals surface area contributed by atoms with E-state index in [2.05, 4.69) is 0 Å². The van der Waals surface area contributed by atoms with Gasteiger partial charge in [0.25, 0.3) is 0 Å². The lowest BCUT2D eigenvalue weighted by molar-refractivity contribution is -0.137. The first-order valence-electron chi connectivity index (χ1n) is 4.59. The van der Waals surface area contributed by atoms with Crippen LogP contribution in [0.3, 0.4) is 0 Å². The molecule has 0 spiro atoms. The SMILES string of the molecule is OCCC=Cc1ccc(F)cc1C(F)(F)F. The molecule has 0 fully saturated rings. The highest BCUT2D eigenvalue weighted by Gasteiger charge is 2.33. The molecular formula is C11H10F4O. The monoisotopic (exact) mass is 234 g/mol. The molecule has 1 aromatic rings. The minimum atomic E-state index is -4.58. The van der Waals surface area contributed by atoms with Gasteiger partial charge in [-0.25, -0.2) is 4.39 Å². The molecule has 1 rings (SSSR count). The fourth-order valence-corrected chi connectivity index (χ4v) is 1.20. The second-order valence-electron chi connectivity index (χ2n) is 3.14. The molecule has 0 radical (unpaired) electrons. The molecule has 88 valence electrons. The van der Waals surface area contributed by atoms with Crippen LogP contribution in [0.2, 0.25) is 0 Å². The van der Waals surface area contributed by atoms with Gasteiger partial charge in [-0.05, 0) is 24.1 Å². The number of aliphatic hydroxyl groups excluding tert-OH is 1. The molecule has 0 saturated heterocycles. The van der Waals surface area contributed by atoms with E-state index >= 15 is 0 Å². The molecular weight excluding hydrogens is 224 g/mol. The van der Waals surface area contributed by atoms with Crippen molar-refractivity contribution in [2.75, 3.05) is 6.61 Å². The summed E-state index contributed by atoms with van der Waals surface area (Å²) in [6, 6.07) is 2.48. The zero-order valence-corrected chi connectivity index (χ0v) is 8.26. The van der Waals surface area contributed by atoms with E-state index < -0.39 is 17.6 Å². The average Bonchev–Trinajstić information content (AvgIpc) is 2.19. The van der Waals surface area contributed by atoms with Gasteiger partial charge in [0.2, 0.25) is 0 Å². The molecule has 5 heteroatoms. The first-order valence-corrected chi connectivity index (χ1v) is 4.59. The van der Waals surface area contributed by atoms with Gasteiger partial charge in [0, 0.05) is 6.61 Å². The van der Waals surface area contributed by atoms with E-state index in [0.29, 0.717) is 6.07 Å². The number of halogens is 4. The summed E-state index contributed by atoms with van der Waals surface area (Å²) >= 11 is 0. The van der Waals surface area contributed by atoms with Crippen LogP contribution in [0, 0.1) is 5.82 Å². The highest BCUT2D eigenvalue weighted by Crippen LogP contribution is 2.33. The molecule has 0 aromatic heterocycles. The highest BCUT2D eigenvalue weighted by molar-refractivity contribution is 5.54. The van der Waals surface area contributed by atoms with Crippen LogP contribution >= 0.6 is 0 Å². The van der Waals surface area contributed by atoms with Crippen molar-refractivity contribution in [1.82, 2.24) is 0 Å². The van der Waals surface area contributed by atoms with Crippen LogP contribution in [0.15, 0.2) is 24.3 Å². The zero-order valence-electron chi connectivity index (χ0n) is 8.26. The second kappa shape index (κ2) is 5.12. The fraction of sp³-hybridized carbons (Fsp3) is 0.273. The Balaban J connectivity index is 3.08. The Hall–Kier alpha value is -1.36. The summed E-state index contributed by atoms with van der Waals surface area (Å²) in [6.45, 7) is -0.140. The summed E-state index contributed by atoms with van der Waals surface area (Å²) < 4.78 is 50.2. The summed E-state index contributed by atoms with van der Waals surface area (Å²) in [5, 5.41) is 8.48. The number of alkyl halides is 3. The first-order chi connectivity index (χ1) is 7.45. The molecule has 1 N–H and O–H groups in total. The van der Waals surface area contributed by atoms with E-state index in [1.165, 1.54) is 12.2 Å². The predicted octanol–water partition coefficient (Wildman–Crippen LogP) is 3.24. The molecule has 0 bridgehead atoms. The molecule has 0 aliphatic carbocycles. The quantitative estimate of drug-likeness (QED) is 0.796. The third-order valence-electron chi connectivity index (χ3n) is 1.91. The smallest absolute Gasteiger partial charge is 0.396 e. The van der Waals surface area contributed by atoms with Crippen LogP contribution in [0.25, 0.3) is 6.08 Å². The van der Waals surface area contributed by atoms with Gasteiger partial charge < -0.3 is 5.11 Å². The van der Waals surface area contributed by atoms with Crippen LogP contribution in [0.1, 0.15) is 17.5 Å². The summed E-state index contributed by atoms with van der Waals surface area (Å²) in [5.74, 6) is -0.924.